The Hall–Kier alpha value is -9.86. The van der Waals surface area contributed by atoms with Crippen LogP contribution in [0.1, 0.15) is 129 Å². The van der Waals surface area contributed by atoms with Gasteiger partial charge in [-0.25, -0.2) is 49.1 Å². The van der Waals surface area contributed by atoms with E-state index in [4.69, 9.17) is 21.9 Å². The van der Waals surface area contributed by atoms with Crippen LogP contribution in [-0.4, -0.2) is 212 Å². The van der Waals surface area contributed by atoms with Crippen LogP contribution < -0.4 is 33.2 Å². The molecule has 2 unspecified atom stereocenters. The average molecular weight is 1850 g/mol. The minimum absolute atomic E-state index is 0.0337. The van der Waals surface area contributed by atoms with Crippen LogP contribution >= 0.6 is 0 Å². The van der Waals surface area contributed by atoms with Crippen LogP contribution in [0.15, 0.2) is 158 Å². The van der Waals surface area contributed by atoms with Crippen molar-refractivity contribution in [1.29, 1.82) is 0 Å². The summed E-state index contributed by atoms with van der Waals surface area (Å²) < 4.78 is 186. The molecule has 7 rings (SSSR count). The molecule has 0 heterocycles. The molecule has 0 aliphatic carbocycles. The fourth-order valence-electron chi connectivity index (χ4n) is 13.2. The molecule has 7 aromatic carbocycles. The number of aryl methyl sites for hydroxylation is 3. The molecule has 0 spiro atoms. The number of alkyl carbamates (subject to hydrolysis) is 3. The lowest BCUT2D eigenvalue weighted by Crippen LogP contribution is -2.55. The van der Waals surface area contributed by atoms with Crippen molar-refractivity contribution in [3.05, 3.63) is 248 Å². The van der Waals surface area contributed by atoms with Crippen molar-refractivity contribution in [2.75, 3.05) is 68.4 Å². The van der Waals surface area contributed by atoms with Crippen molar-refractivity contribution in [2.45, 2.75) is 199 Å². The third-order valence-electron chi connectivity index (χ3n) is 20.0. The van der Waals surface area contributed by atoms with E-state index in [2.05, 4.69) is 25.4 Å². The monoisotopic (exact) mass is 1850 g/mol. The van der Waals surface area contributed by atoms with Gasteiger partial charge in [-0.05, 0) is 150 Å². The number of aliphatic hydroxyl groups is 3. The maximum Gasteiger partial charge on any atom is 0.408 e. The van der Waals surface area contributed by atoms with Gasteiger partial charge in [0.25, 0.3) is 0 Å². The van der Waals surface area contributed by atoms with Crippen LogP contribution in [0.3, 0.4) is 0 Å². The van der Waals surface area contributed by atoms with Crippen molar-refractivity contribution < 1.29 is 115 Å². The van der Waals surface area contributed by atoms with Gasteiger partial charge in [-0.3, -0.25) is 22.8 Å². The molecule has 11 atom stereocenters. The molecule has 0 aliphatic rings. The minimum Gasteiger partial charge on any atom is -0.453 e. The van der Waals surface area contributed by atoms with Gasteiger partial charge in [-0.2, -0.15) is 13.2 Å². The summed E-state index contributed by atoms with van der Waals surface area (Å²) in [4.78, 5) is 82.3. The number of hydrogen-bond donors (Lipinski definition) is 9. The van der Waals surface area contributed by atoms with Gasteiger partial charge in [0, 0.05) is 115 Å². The number of ether oxygens (including phenoxy) is 3. The Morgan fingerprint density at radius 2 is 0.732 bits per heavy atom. The van der Waals surface area contributed by atoms with E-state index in [1.807, 2.05) is 89.2 Å². The van der Waals surface area contributed by atoms with Gasteiger partial charge in [0.05, 0.1) is 55.5 Å². The van der Waals surface area contributed by atoms with E-state index < -0.39 is 194 Å². The van der Waals surface area contributed by atoms with Crippen LogP contribution in [0.5, 0.6) is 0 Å². The number of carbonyl (C=O) groups excluding carboxylic acids is 6. The van der Waals surface area contributed by atoms with Crippen molar-refractivity contribution >= 4 is 67.4 Å². The van der Waals surface area contributed by atoms with Gasteiger partial charge in [-0.15, -0.1) is 0 Å². The summed E-state index contributed by atoms with van der Waals surface area (Å²) >= 11 is 0. The molecule has 0 saturated heterocycles. The largest absolute Gasteiger partial charge is 0.453 e. The Kier molecular flexibility index (Phi) is 46.7. The summed E-state index contributed by atoms with van der Waals surface area (Å²) in [6.45, 7) is 8.64. The normalized spacial score (nSPS) is 14.0. The zero-order chi connectivity index (χ0) is 94.1. The Bertz CT molecular complexity index is 4570. The quantitative estimate of drug-likeness (QED) is 0.0126. The van der Waals surface area contributed by atoms with Gasteiger partial charge in [0.2, 0.25) is 17.7 Å². The first kappa shape index (κ1) is 108. The summed E-state index contributed by atoms with van der Waals surface area (Å²) in [6, 6.07) is 32.3. The standard InChI is InChI=1S/C34H40F5N3O6S.2C28H39F2N3O5S/c1-2-23-10-6-11-25(14-23)19-42(20-31(43)29(40)17-26-15-27(35)18-28(36)16-26)32(44)30(22-49(46,47)13-7-12-34(37,38)39)41-33(45)48-21-24-8-4-3-5-9-24;2*1-4-6-10-39(37)18-25(32-28(36)38-3)27(35)33(16-20-9-7-8-19(5-2)11-20)17-26(34)24(31)14-21-12-22(29)15-23(30)13-21/h3-6,8-11,14-16,18,29-31,43H,2,7,12-13,17,19-22,40H2,1H3,(H,41,45);2*7-9,11-13,15,24-26,34H,4-6,10,14,16-18,31H2,1-3H3,(H,32,36)/t29-,30+,31+;2*24-,25-,26+,39?/m000/s1. The number of nitrogens with one attached hydrogen (secondary N) is 3. The number of unbranched alkanes of at least 4 members (excludes halogenated alkanes) is 2. The van der Waals surface area contributed by atoms with E-state index in [1.165, 1.54) is 9.80 Å². The van der Waals surface area contributed by atoms with Gasteiger partial charge in [0.15, 0.2) is 9.84 Å². The molecule has 0 bridgehead atoms. The molecule has 12 N–H and O–H groups in total. The lowest BCUT2D eigenvalue weighted by atomic mass is 10.0. The van der Waals surface area contributed by atoms with Crippen LogP contribution in [0.25, 0.3) is 0 Å². The Labute approximate surface area is 741 Å². The van der Waals surface area contributed by atoms with E-state index in [9.17, 15) is 100 Å². The van der Waals surface area contributed by atoms with E-state index >= 15 is 0 Å². The molecule has 37 heteroatoms. The highest BCUT2D eigenvalue weighted by Crippen LogP contribution is 2.24. The smallest absolute Gasteiger partial charge is 0.408 e. The van der Waals surface area contributed by atoms with E-state index in [0.29, 0.717) is 48.0 Å². The molecule has 700 valence electrons. The second-order valence-corrected chi connectivity index (χ2v) is 36.1. The number of alkyl halides is 3. The number of carbonyl (C=O) groups is 6. The molecule has 0 saturated carbocycles. The highest BCUT2D eigenvalue weighted by molar-refractivity contribution is 7.91. The Morgan fingerprint density at radius 3 is 1.04 bits per heavy atom. The lowest BCUT2D eigenvalue weighted by molar-refractivity contribution is -0.135. The third kappa shape index (κ3) is 41.0. The predicted octanol–water partition coefficient (Wildman–Crippen LogP) is 11.0. The number of nitrogens with zero attached hydrogens (tertiary/aromatic N) is 3. The summed E-state index contributed by atoms with van der Waals surface area (Å²) in [5, 5.41) is 40.2. The number of aliphatic hydroxyl groups excluding tert-OH is 3. The topological polar surface area (TPSA) is 383 Å². The molecule has 6 amide bonds. The molecule has 0 aromatic heterocycles. The molecular formula is C90H118F9N9O16S3. The second-order valence-electron chi connectivity index (χ2n) is 30.6. The van der Waals surface area contributed by atoms with Crippen LogP contribution in [-0.2, 0) is 125 Å². The lowest BCUT2D eigenvalue weighted by Gasteiger charge is -2.31. The number of rotatable bonds is 47. The Balaban J connectivity index is 0.000000341. The number of methoxy groups -OCH3 is 2. The summed E-state index contributed by atoms with van der Waals surface area (Å²) in [5.41, 5.74) is 25.0. The van der Waals surface area contributed by atoms with Crippen LogP contribution in [0, 0.1) is 34.9 Å². The first-order valence-electron chi connectivity index (χ1n) is 41.5. The van der Waals surface area contributed by atoms with Crippen LogP contribution in [0.4, 0.5) is 53.9 Å². The van der Waals surface area contributed by atoms with Crippen molar-refractivity contribution in [3.63, 3.8) is 0 Å². The first-order chi connectivity index (χ1) is 60.1. The summed E-state index contributed by atoms with van der Waals surface area (Å²) in [6.07, 6.45) is -8.60. The number of halogens is 9. The van der Waals surface area contributed by atoms with Gasteiger partial charge >= 0.3 is 24.5 Å². The van der Waals surface area contributed by atoms with Crippen molar-refractivity contribution in [1.82, 2.24) is 30.7 Å². The number of amides is 6. The number of sulfone groups is 1. The first-order valence-corrected chi connectivity index (χ1v) is 46.3. The fourth-order valence-corrected chi connectivity index (χ4v) is 17.4. The minimum atomic E-state index is -4.60. The summed E-state index contributed by atoms with van der Waals surface area (Å²) in [7, 11) is -4.79. The van der Waals surface area contributed by atoms with E-state index in [-0.39, 0.29) is 86.8 Å². The highest BCUT2D eigenvalue weighted by Gasteiger charge is 2.37. The molecule has 0 aliphatic heterocycles. The molecule has 7 aromatic rings. The SMILES string of the molecule is CCCCS(=O)C[C@H](NC(=O)OC)C(=O)N(Cc1cccc(CC)c1)C[C@@H](O)[C@@H](N)Cc1cc(F)cc(F)c1.CCCCS(=O)C[C@H](NC(=O)OC)C(=O)N(Cc1cccc(CC)c1)C[C@@H](O)[C@@H](N)Cc1cc(F)cc(F)c1.CCc1cccc(CN(C[C@@H](O)[C@@H](N)Cc2cc(F)cc(F)c2)C(=O)[C@@H](CS(=O)(=O)CCCC(F)(F)F)NC(=O)OCc2ccccc2)c1. The van der Waals surface area contributed by atoms with Gasteiger partial charge < -0.3 is 77.4 Å². The Morgan fingerprint density at radius 1 is 0.425 bits per heavy atom. The average Bonchev–Trinajstić information content (AvgIpc) is 0.838. The van der Waals surface area contributed by atoms with E-state index in [1.54, 1.807) is 48.5 Å². The molecule has 127 heavy (non-hydrogen) atoms. The number of benzene rings is 7. The zero-order valence-corrected chi connectivity index (χ0v) is 74.7. The molecule has 25 nitrogen and oxygen atoms in total. The zero-order valence-electron chi connectivity index (χ0n) is 72.2. The molecule has 0 fully saturated rings. The van der Waals surface area contributed by atoms with Crippen molar-refractivity contribution in [2.24, 2.45) is 17.2 Å². The maximum atomic E-state index is 14.1. The summed E-state index contributed by atoms with van der Waals surface area (Å²) in [5.74, 6) is -8.30. The van der Waals surface area contributed by atoms with Gasteiger partial charge in [-0.1, -0.05) is 151 Å². The third-order valence-corrected chi connectivity index (χ3v) is 24.6. The van der Waals surface area contributed by atoms with E-state index in [0.717, 1.165) is 121 Å². The fraction of sp³-hybridized carbons (Fsp3) is 0.467. The second kappa shape index (κ2) is 55.1. The molecule has 0 radical (unpaired) electrons. The highest BCUT2D eigenvalue weighted by atomic mass is 32.2. The maximum absolute atomic E-state index is 14.1. The molecular weight excluding hydrogens is 1730 g/mol. The van der Waals surface area contributed by atoms with Crippen LogP contribution in [0.2, 0.25) is 0 Å². The van der Waals surface area contributed by atoms with Gasteiger partial charge in [0.1, 0.15) is 59.6 Å². The predicted molar refractivity (Wildman–Crippen MR) is 468 cm³/mol. The number of hydrogen-bond acceptors (Lipinski definition) is 19. The number of nitrogens with two attached hydrogens (primary N) is 3. The van der Waals surface area contributed by atoms with Crippen molar-refractivity contribution in [3.8, 4) is 0 Å².